The highest BCUT2D eigenvalue weighted by Gasteiger charge is 2.08. The second kappa shape index (κ2) is 4.77. The summed E-state index contributed by atoms with van der Waals surface area (Å²) in [5.74, 6) is -0.836. The third-order valence-electron chi connectivity index (χ3n) is 1.52. The lowest BCUT2D eigenvalue weighted by atomic mass is 10.5. The smallest absolute Gasteiger partial charge is 0.318 e. The lowest BCUT2D eigenvalue weighted by Crippen LogP contribution is -2.12. The quantitative estimate of drug-likeness (QED) is 0.866. The minimum absolute atomic E-state index is 0.447. The molecule has 0 bridgehead atoms. The molecule has 4 heteroatoms. The number of carbonyl (C=O) groups is 1. The van der Waals surface area contributed by atoms with Gasteiger partial charge in [-0.1, -0.05) is 50.1 Å². The van der Waals surface area contributed by atoms with Crippen LogP contribution < -0.4 is 0 Å². The summed E-state index contributed by atoms with van der Waals surface area (Å²) in [7, 11) is 0. The zero-order chi connectivity index (χ0) is 9.84. The molecule has 0 saturated carbocycles. The first-order valence-corrected chi connectivity index (χ1v) is 5.72. The second-order valence-electron chi connectivity index (χ2n) is 2.54. The van der Waals surface area contributed by atoms with Gasteiger partial charge in [-0.05, 0) is 17.2 Å². The SMILES string of the molecule is O=C(O)C(Br)CBr.c1cc2cc-2c1. The van der Waals surface area contributed by atoms with Gasteiger partial charge in [0, 0.05) is 5.33 Å². The van der Waals surface area contributed by atoms with E-state index in [-0.39, 0.29) is 0 Å². The topological polar surface area (TPSA) is 37.3 Å². The van der Waals surface area contributed by atoms with Crippen molar-refractivity contribution in [2.45, 2.75) is 4.83 Å². The van der Waals surface area contributed by atoms with Crippen LogP contribution in [0.4, 0.5) is 0 Å². The Bertz CT molecular complexity index is 295. The van der Waals surface area contributed by atoms with Gasteiger partial charge in [0.1, 0.15) is 4.83 Å². The van der Waals surface area contributed by atoms with Gasteiger partial charge >= 0.3 is 5.97 Å². The Kier molecular flexibility index (Phi) is 3.93. The van der Waals surface area contributed by atoms with Crippen molar-refractivity contribution in [3.8, 4) is 11.1 Å². The number of benzene rings is 1. The molecule has 2 rings (SSSR count). The maximum absolute atomic E-state index is 9.85. The molecular formula is C9H8Br2O2. The van der Waals surface area contributed by atoms with Crippen LogP contribution in [0.2, 0.25) is 0 Å². The van der Waals surface area contributed by atoms with E-state index in [0.717, 1.165) is 0 Å². The first-order valence-electron chi connectivity index (χ1n) is 3.68. The van der Waals surface area contributed by atoms with Crippen LogP contribution in [0.1, 0.15) is 0 Å². The summed E-state index contributed by atoms with van der Waals surface area (Å²) in [4.78, 5) is 9.40. The van der Waals surface area contributed by atoms with E-state index >= 15 is 0 Å². The van der Waals surface area contributed by atoms with Gasteiger partial charge in [0.2, 0.25) is 0 Å². The molecule has 0 amide bonds. The van der Waals surface area contributed by atoms with E-state index in [0.29, 0.717) is 5.33 Å². The number of carboxylic acid groups (broad SMARTS) is 1. The Balaban J connectivity index is 0.000000130. The number of fused-ring (bicyclic) bond motifs is 1. The molecule has 1 atom stereocenters. The molecule has 70 valence electrons. The third kappa shape index (κ3) is 3.48. The van der Waals surface area contributed by atoms with Crippen molar-refractivity contribution in [1.82, 2.24) is 0 Å². The monoisotopic (exact) mass is 306 g/mol. The van der Waals surface area contributed by atoms with Gasteiger partial charge in [0.15, 0.2) is 0 Å². The Labute approximate surface area is 93.2 Å². The summed E-state index contributed by atoms with van der Waals surface area (Å²) in [6, 6.07) is 8.48. The maximum Gasteiger partial charge on any atom is 0.318 e. The molecule has 0 radical (unpaired) electrons. The minimum Gasteiger partial charge on any atom is -0.480 e. The Morgan fingerprint density at radius 1 is 1.46 bits per heavy atom. The highest BCUT2D eigenvalue weighted by atomic mass is 79.9. The highest BCUT2D eigenvalue weighted by Crippen LogP contribution is 2.32. The average Bonchev–Trinajstić information content (AvgIpc) is 2.73. The molecule has 0 aromatic heterocycles. The van der Waals surface area contributed by atoms with E-state index in [1.165, 1.54) is 11.1 Å². The number of alkyl halides is 2. The van der Waals surface area contributed by atoms with Gasteiger partial charge < -0.3 is 5.11 Å². The Morgan fingerprint density at radius 3 is 2.08 bits per heavy atom. The van der Waals surface area contributed by atoms with Gasteiger partial charge in [0.25, 0.3) is 0 Å². The van der Waals surface area contributed by atoms with Crippen LogP contribution in [0.15, 0.2) is 24.3 Å². The predicted molar refractivity (Wildman–Crippen MR) is 59.6 cm³/mol. The van der Waals surface area contributed by atoms with Crippen LogP contribution in [0.25, 0.3) is 11.1 Å². The van der Waals surface area contributed by atoms with E-state index < -0.39 is 10.8 Å². The minimum atomic E-state index is -0.836. The van der Waals surface area contributed by atoms with E-state index in [2.05, 4.69) is 56.1 Å². The fourth-order valence-electron chi connectivity index (χ4n) is 0.742. The van der Waals surface area contributed by atoms with E-state index in [1.54, 1.807) is 0 Å². The molecular weight excluding hydrogens is 300 g/mol. The third-order valence-corrected chi connectivity index (χ3v) is 3.75. The summed E-state index contributed by atoms with van der Waals surface area (Å²) in [6.07, 6.45) is 0. The molecule has 0 saturated heterocycles. The molecule has 2 aliphatic carbocycles. The molecule has 2 nitrogen and oxygen atoms in total. The number of rotatable bonds is 2. The van der Waals surface area contributed by atoms with E-state index in [4.69, 9.17) is 5.11 Å². The normalized spacial score (nSPS) is 12.5. The van der Waals surface area contributed by atoms with Crippen molar-refractivity contribution in [3.63, 3.8) is 0 Å². The largest absolute Gasteiger partial charge is 0.480 e. The fourth-order valence-corrected chi connectivity index (χ4v) is 1.02. The van der Waals surface area contributed by atoms with Gasteiger partial charge in [-0.25, -0.2) is 0 Å². The van der Waals surface area contributed by atoms with E-state index in [9.17, 15) is 4.79 Å². The van der Waals surface area contributed by atoms with Gasteiger partial charge in [-0.2, -0.15) is 0 Å². The summed E-state index contributed by atoms with van der Waals surface area (Å²) in [5.41, 5.74) is 2.85. The van der Waals surface area contributed by atoms with Crippen molar-refractivity contribution in [1.29, 1.82) is 0 Å². The lowest BCUT2D eigenvalue weighted by Gasteiger charge is -1.93. The molecule has 13 heavy (non-hydrogen) atoms. The standard InChI is InChI=1S/C6H4.C3H4Br2O2/c1-2-5-4-6(5)3-1;4-1-2(5)3(6)7/h1-4H;2H,1H2,(H,6,7). The molecule has 1 N–H and O–H groups in total. The zero-order valence-corrected chi connectivity index (χ0v) is 9.88. The van der Waals surface area contributed by atoms with Crippen LogP contribution in [0, 0.1) is 0 Å². The predicted octanol–water partition coefficient (Wildman–Crippen LogP) is 2.90. The molecule has 0 aromatic rings. The number of aliphatic carboxylic acids is 1. The highest BCUT2D eigenvalue weighted by molar-refractivity contribution is 9.12. The van der Waals surface area contributed by atoms with Gasteiger partial charge in [-0.3, -0.25) is 4.79 Å². The number of carboxylic acids is 1. The number of hydrogen-bond acceptors (Lipinski definition) is 1. The molecule has 0 aliphatic heterocycles. The van der Waals surface area contributed by atoms with Crippen molar-refractivity contribution in [2.24, 2.45) is 0 Å². The molecule has 0 heterocycles. The molecule has 0 fully saturated rings. The van der Waals surface area contributed by atoms with Crippen LogP contribution in [-0.4, -0.2) is 21.2 Å². The molecule has 1 unspecified atom stereocenters. The molecule has 2 aliphatic rings. The first-order chi connectivity index (χ1) is 6.15. The average molecular weight is 308 g/mol. The zero-order valence-electron chi connectivity index (χ0n) is 6.71. The van der Waals surface area contributed by atoms with Gasteiger partial charge in [-0.15, -0.1) is 0 Å². The summed E-state index contributed by atoms with van der Waals surface area (Å²) < 4.78 is 0. The van der Waals surface area contributed by atoms with Crippen molar-refractivity contribution < 1.29 is 9.90 Å². The van der Waals surface area contributed by atoms with Crippen LogP contribution in [0.5, 0.6) is 0 Å². The van der Waals surface area contributed by atoms with Crippen molar-refractivity contribution >= 4 is 37.8 Å². The first kappa shape index (κ1) is 10.7. The summed E-state index contributed by atoms with van der Waals surface area (Å²) in [5, 5.41) is 8.55. The van der Waals surface area contributed by atoms with Crippen LogP contribution in [0.3, 0.4) is 0 Å². The fraction of sp³-hybridized carbons (Fsp3) is 0.222. The molecule has 0 aromatic carbocycles. The maximum atomic E-state index is 9.85. The van der Waals surface area contributed by atoms with Crippen LogP contribution >= 0.6 is 31.9 Å². The van der Waals surface area contributed by atoms with E-state index in [1.807, 2.05) is 0 Å². The Hall–Kier alpha value is -0.350. The lowest BCUT2D eigenvalue weighted by molar-refractivity contribution is -0.135. The Morgan fingerprint density at radius 2 is 2.00 bits per heavy atom. The summed E-state index contributed by atoms with van der Waals surface area (Å²) >= 11 is 5.88. The van der Waals surface area contributed by atoms with Crippen molar-refractivity contribution in [3.05, 3.63) is 24.3 Å². The number of halogens is 2. The van der Waals surface area contributed by atoms with Gasteiger partial charge in [0.05, 0.1) is 0 Å². The summed E-state index contributed by atoms with van der Waals surface area (Å²) in [6.45, 7) is 0. The van der Waals surface area contributed by atoms with Crippen LogP contribution in [-0.2, 0) is 4.79 Å². The van der Waals surface area contributed by atoms with Crippen molar-refractivity contribution in [2.75, 3.05) is 5.33 Å². The number of hydrogen-bond donors (Lipinski definition) is 1. The molecule has 0 spiro atoms. The second-order valence-corrected chi connectivity index (χ2v) is 4.29.